The van der Waals surface area contributed by atoms with Crippen molar-refractivity contribution in [3.05, 3.63) is 23.9 Å². The van der Waals surface area contributed by atoms with Crippen molar-refractivity contribution in [2.75, 3.05) is 44.2 Å². The van der Waals surface area contributed by atoms with E-state index < -0.39 is 5.60 Å². The molecule has 3 aliphatic heterocycles. The Morgan fingerprint density at radius 1 is 0.976 bits per heavy atom. The average molecular weight is 581 g/mol. The van der Waals surface area contributed by atoms with Crippen LogP contribution < -0.4 is 10.2 Å². The molecule has 1 aromatic heterocycles. The molecule has 1 N–H and O–H groups in total. The molecule has 0 bridgehead atoms. The molecule has 6 rings (SSSR count). The van der Waals surface area contributed by atoms with Gasteiger partial charge in [0.2, 0.25) is 11.8 Å². The molecule has 4 heterocycles. The lowest BCUT2D eigenvalue weighted by Crippen LogP contribution is -2.56. The third-order valence-electron chi connectivity index (χ3n) is 9.18. The van der Waals surface area contributed by atoms with Gasteiger partial charge in [-0.3, -0.25) is 24.5 Å². The smallest absolute Gasteiger partial charge is 0.410 e. The number of anilines is 1. The number of hydrogen-bond acceptors (Lipinski definition) is 8. The van der Waals surface area contributed by atoms with Crippen LogP contribution in [0.3, 0.4) is 0 Å². The number of hydrogen-bond donors (Lipinski definition) is 1. The maximum absolute atomic E-state index is 12.5. The Balaban J connectivity index is 0.960. The van der Waals surface area contributed by atoms with E-state index in [9.17, 15) is 14.4 Å². The summed E-state index contributed by atoms with van der Waals surface area (Å²) in [5.74, 6) is -0.847. The SMILES string of the molecule is Cn1nc([C@H]2CCC(=O)NC2=O)c2ccc(N3CCN(C4CC(OC5CCN(C(=O)OC(C)(C)C)CC5)C4)CC3)cc21. The Bertz CT molecular complexity index is 1330. The van der Waals surface area contributed by atoms with E-state index in [4.69, 9.17) is 9.47 Å². The number of imide groups is 1. The van der Waals surface area contributed by atoms with E-state index in [0.717, 1.165) is 68.5 Å². The van der Waals surface area contributed by atoms with Crippen LogP contribution in [0.2, 0.25) is 0 Å². The quantitative estimate of drug-likeness (QED) is 0.538. The molecular weight excluding hydrogens is 536 g/mol. The highest BCUT2D eigenvalue weighted by molar-refractivity contribution is 6.02. The molecule has 3 amide bonds. The Hall–Kier alpha value is -3.18. The van der Waals surface area contributed by atoms with E-state index >= 15 is 0 Å². The summed E-state index contributed by atoms with van der Waals surface area (Å²) in [6, 6.07) is 6.97. The molecule has 1 saturated carbocycles. The number of carbonyl (C=O) groups excluding carboxylic acids is 3. The topological polar surface area (TPSA) is 109 Å². The second-order valence-corrected chi connectivity index (χ2v) is 13.3. The summed E-state index contributed by atoms with van der Waals surface area (Å²) >= 11 is 0. The number of ether oxygens (including phenoxy) is 2. The van der Waals surface area contributed by atoms with Gasteiger partial charge in [0.1, 0.15) is 5.60 Å². The van der Waals surface area contributed by atoms with Crippen LogP contribution in [0.1, 0.15) is 70.9 Å². The molecule has 4 fully saturated rings. The average Bonchev–Trinajstić information content (AvgIpc) is 3.25. The minimum absolute atomic E-state index is 0.208. The van der Waals surface area contributed by atoms with Crippen molar-refractivity contribution in [2.45, 2.75) is 89.1 Å². The molecule has 1 aliphatic carbocycles. The first-order chi connectivity index (χ1) is 20.0. The maximum Gasteiger partial charge on any atom is 0.410 e. The van der Waals surface area contributed by atoms with Crippen LogP contribution in [0.15, 0.2) is 18.2 Å². The normalized spacial score (nSPS) is 26.3. The zero-order valence-electron chi connectivity index (χ0n) is 25.3. The highest BCUT2D eigenvalue weighted by Gasteiger charge is 2.38. The van der Waals surface area contributed by atoms with Crippen molar-refractivity contribution in [2.24, 2.45) is 7.05 Å². The number of likely N-dealkylation sites (tertiary alicyclic amines) is 1. The van der Waals surface area contributed by atoms with E-state index in [1.807, 2.05) is 32.5 Å². The maximum atomic E-state index is 12.5. The molecule has 4 aliphatic rings. The number of rotatable bonds is 5. The number of piperidine rings is 2. The third-order valence-corrected chi connectivity index (χ3v) is 9.18. The van der Waals surface area contributed by atoms with Crippen molar-refractivity contribution < 1.29 is 23.9 Å². The number of carbonyl (C=O) groups is 3. The van der Waals surface area contributed by atoms with E-state index in [0.29, 0.717) is 38.1 Å². The molecule has 1 atom stereocenters. The summed E-state index contributed by atoms with van der Waals surface area (Å²) in [6.45, 7) is 11.1. The van der Waals surface area contributed by atoms with Crippen LogP contribution in [-0.2, 0) is 26.1 Å². The summed E-state index contributed by atoms with van der Waals surface area (Å²) in [5, 5.41) is 8.12. The van der Waals surface area contributed by atoms with Gasteiger partial charge in [0, 0.05) is 69.9 Å². The van der Waals surface area contributed by atoms with Crippen LogP contribution in [0, 0.1) is 0 Å². The van der Waals surface area contributed by atoms with Gasteiger partial charge in [-0.15, -0.1) is 0 Å². The molecule has 2 aromatic rings. The number of amides is 3. The summed E-state index contributed by atoms with van der Waals surface area (Å²) < 4.78 is 13.8. The van der Waals surface area contributed by atoms with E-state index in [2.05, 4.69) is 38.4 Å². The highest BCUT2D eigenvalue weighted by atomic mass is 16.6. The van der Waals surface area contributed by atoms with Gasteiger partial charge in [-0.2, -0.15) is 5.10 Å². The number of piperazine rings is 1. The zero-order valence-corrected chi connectivity index (χ0v) is 25.3. The predicted molar refractivity (Wildman–Crippen MR) is 158 cm³/mol. The fourth-order valence-electron chi connectivity index (χ4n) is 6.75. The molecule has 0 unspecified atom stereocenters. The van der Waals surface area contributed by atoms with Gasteiger partial charge in [-0.05, 0) is 71.1 Å². The Morgan fingerprint density at radius 3 is 2.36 bits per heavy atom. The summed E-state index contributed by atoms with van der Waals surface area (Å²) in [5.41, 5.74) is 2.47. The molecule has 11 nitrogen and oxygen atoms in total. The summed E-state index contributed by atoms with van der Waals surface area (Å²) in [6.07, 6.45) is 5.07. The van der Waals surface area contributed by atoms with Crippen LogP contribution in [0.25, 0.3) is 10.9 Å². The molecule has 11 heteroatoms. The number of fused-ring (bicyclic) bond motifs is 1. The Kier molecular flexibility index (Phi) is 7.91. The van der Waals surface area contributed by atoms with Crippen molar-refractivity contribution in [3.8, 4) is 0 Å². The molecule has 228 valence electrons. The molecule has 3 saturated heterocycles. The molecule has 0 radical (unpaired) electrons. The van der Waals surface area contributed by atoms with Gasteiger partial charge in [-0.25, -0.2) is 4.79 Å². The predicted octanol–water partition coefficient (Wildman–Crippen LogP) is 3.16. The Morgan fingerprint density at radius 2 is 1.69 bits per heavy atom. The second kappa shape index (κ2) is 11.5. The lowest BCUT2D eigenvalue weighted by molar-refractivity contribution is -0.134. The van der Waals surface area contributed by atoms with Crippen LogP contribution in [0.5, 0.6) is 0 Å². The summed E-state index contributed by atoms with van der Waals surface area (Å²) in [7, 11) is 1.92. The van der Waals surface area contributed by atoms with Gasteiger partial charge < -0.3 is 19.3 Å². The first-order valence-electron chi connectivity index (χ1n) is 15.5. The zero-order chi connectivity index (χ0) is 29.6. The van der Waals surface area contributed by atoms with Crippen molar-refractivity contribution in [1.82, 2.24) is 24.9 Å². The largest absolute Gasteiger partial charge is 0.444 e. The fraction of sp³-hybridized carbons (Fsp3) is 0.677. The third kappa shape index (κ3) is 6.13. The molecular formula is C31H44N6O5. The molecule has 1 aromatic carbocycles. The van der Waals surface area contributed by atoms with Crippen LogP contribution in [-0.4, -0.2) is 101 Å². The lowest BCUT2D eigenvalue weighted by atomic mass is 9.87. The molecule has 0 spiro atoms. The monoisotopic (exact) mass is 580 g/mol. The lowest BCUT2D eigenvalue weighted by Gasteiger charge is -2.47. The van der Waals surface area contributed by atoms with Gasteiger partial charge in [-0.1, -0.05) is 0 Å². The Labute approximate surface area is 247 Å². The van der Waals surface area contributed by atoms with Crippen LogP contribution >= 0.6 is 0 Å². The van der Waals surface area contributed by atoms with Gasteiger partial charge in [0.25, 0.3) is 0 Å². The standard InChI is InChI=1S/C31H44N6O5/c1-31(2,3)42-30(40)37-11-9-22(10-12-37)41-23-17-21(18-23)36-15-13-35(14-16-36)20-5-6-24-26(19-20)34(4)33-28(24)25-7-8-27(38)32-29(25)39/h5-6,19,21-23,25H,7-18H2,1-4H3,(H,32,38,39)/t21?,23?,25-/m1/s1. The number of aryl methyl sites for hydroxylation is 1. The first kappa shape index (κ1) is 28.9. The second-order valence-electron chi connectivity index (χ2n) is 13.3. The van der Waals surface area contributed by atoms with E-state index in [1.54, 1.807) is 4.90 Å². The van der Waals surface area contributed by atoms with Gasteiger partial charge in [0.15, 0.2) is 0 Å². The van der Waals surface area contributed by atoms with E-state index in [1.165, 1.54) is 5.69 Å². The van der Waals surface area contributed by atoms with Gasteiger partial charge in [0.05, 0.1) is 29.3 Å². The number of nitrogens with zero attached hydrogens (tertiary/aromatic N) is 5. The number of benzene rings is 1. The minimum atomic E-state index is -0.465. The minimum Gasteiger partial charge on any atom is -0.444 e. The first-order valence-corrected chi connectivity index (χ1v) is 15.5. The van der Waals surface area contributed by atoms with Crippen molar-refractivity contribution >= 4 is 34.5 Å². The van der Waals surface area contributed by atoms with E-state index in [-0.39, 0.29) is 29.9 Å². The fourth-order valence-corrected chi connectivity index (χ4v) is 6.75. The van der Waals surface area contributed by atoms with Crippen LogP contribution in [0.4, 0.5) is 10.5 Å². The number of nitrogens with one attached hydrogen (secondary N) is 1. The van der Waals surface area contributed by atoms with Crippen molar-refractivity contribution in [1.29, 1.82) is 0 Å². The highest BCUT2D eigenvalue weighted by Crippen LogP contribution is 2.34. The summed E-state index contributed by atoms with van der Waals surface area (Å²) in [4.78, 5) is 43.2. The molecule has 42 heavy (non-hydrogen) atoms. The number of aromatic nitrogens is 2. The van der Waals surface area contributed by atoms with Gasteiger partial charge >= 0.3 is 6.09 Å². The van der Waals surface area contributed by atoms with Crippen molar-refractivity contribution in [3.63, 3.8) is 0 Å².